The Labute approximate surface area is 147 Å². The van der Waals surface area contributed by atoms with Crippen LogP contribution in [0.4, 0.5) is 0 Å². The summed E-state index contributed by atoms with van der Waals surface area (Å²) in [6.45, 7) is 2.13. The molecule has 2 rings (SSSR count). The van der Waals surface area contributed by atoms with Gasteiger partial charge in [0.25, 0.3) is 11.8 Å². The second-order valence-electron chi connectivity index (χ2n) is 5.55. The number of carbonyl (C=O) groups is 2. The van der Waals surface area contributed by atoms with Crippen molar-refractivity contribution >= 4 is 11.8 Å². The minimum Gasteiger partial charge on any atom is -0.497 e. The first-order chi connectivity index (χ1) is 12.0. The lowest BCUT2D eigenvalue weighted by Gasteiger charge is -2.15. The van der Waals surface area contributed by atoms with Gasteiger partial charge in [-0.2, -0.15) is 0 Å². The van der Waals surface area contributed by atoms with E-state index in [2.05, 4.69) is 10.6 Å². The predicted molar refractivity (Wildman–Crippen MR) is 95.2 cm³/mol. The SMILES string of the molecule is COc1cccc(C(=O)NC[C@H](C)NC(=O)c2cccc(OC)c2)c1. The van der Waals surface area contributed by atoms with E-state index in [9.17, 15) is 9.59 Å². The smallest absolute Gasteiger partial charge is 0.251 e. The van der Waals surface area contributed by atoms with Gasteiger partial charge in [-0.25, -0.2) is 0 Å². The Morgan fingerprint density at radius 2 is 1.44 bits per heavy atom. The standard InChI is InChI=1S/C19H22N2O4/c1-13(21-19(23)15-7-5-9-17(11-15)25-3)12-20-18(22)14-6-4-8-16(10-14)24-2/h4-11,13H,12H2,1-3H3,(H,20,22)(H,21,23)/t13-/m0/s1. The van der Waals surface area contributed by atoms with Gasteiger partial charge in [-0.1, -0.05) is 12.1 Å². The number of amides is 2. The molecule has 2 aromatic carbocycles. The molecule has 0 saturated heterocycles. The molecule has 0 heterocycles. The number of benzene rings is 2. The summed E-state index contributed by atoms with van der Waals surface area (Å²) >= 11 is 0. The number of hydrogen-bond acceptors (Lipinski definition) is 4. The van der Waals surface area contributed by atoms with E-state index in [4.69, 9.17) is 9.47 Å². The first kappa shape index (κ1) is 18.3. The van der Waals surface area contributed by atoms with Crippen LogP contribution in [0.15, 0.2) is 48.5 Å². The first-order valence-corrected chi connectivity index (χ1v) is 7.90. The van der Waals surface area contributed by atoms with Crippen molar-refractivity contribution in [1.82, 2.24) is 10.6 Å². The van der Waals surface area contributed by atoms with Crippen LogP contribution in [0.1, 0.15) is 27.6 Å². The van der Waals surface area contributed by atoms with Crippen LogP contribution in [0, 0.1) is 0 Å². The van der Waals surface area contributed by atoms with Crippen molar-refractivity contribution in [2.75, 3.05) is 20.8 Å². The maximum absolute atomic E-state index is 12.2. The van der Waals surface area contributed by atoms with E-state index in [1.807, 2.05) is 6.92 Å². The summed E-state index contributed by atoms with van der Waals surface area (Å²) in [4.78, 5) is 24.4. The lowest BCUT2D eigenvalue weighted by Crippen LogP contribution is -2.41. The maximum Gasteiger partial charge on any atom is 0.251 e. The summed E-state index contributed by atoms with van der Waals surface area (Å²) in [6, 6.07) is 13.6. The number of carbonyl (C=O) groups excluding carboxylic acids is 2. The molecular weight excluding hydrogens is 320 g/mol. The van der Waals surface area contributed by atoms with E-state index in [0.29, 0.717) is 29.2 Å². The molecule has 0 unspecified atom stereocenters. The summed E-state index contributed by atoms with van der Waals surface area (Å²) in [5.41, 5.74) is 1.01. The fourth-order valence-electron chi connectivity index (χ4n) is 2.23. The zero-order valence-electron chi connectivity index (χ0n) is 14.5. The highest BCUT2D eigenvalue weighted by atomic mass is 16.5. The maximum atomic E-state index is 12.2. The Hall–Kier alpha value is -3.02. The van der Waals surface area contributed by atoms with Gasteiger partial charge in [0.05, 0.1) is 14.2 Å². The zero-order valence-corrected chi connectivity index (χ0v) is 14.5. The molecule has 0 bridgehead atoms. The van der Waals surface area contributed by atoms with Crippen LogP contribution < -0.4 is 20.1 Å². The lowest BCUT2D eigenvalue weighted by atomic mass is 10.2. The number of hydrogen-bond donors (Lipinski definition) is 2. The zero-order chi connectivity index (χ0) is 18.2. The third-order valence-electron chi connectivity index (χ3n) is 3.61. The molecular formula is C19H22N2O4. The summed E-state index contributed by atoms with van der Waals surface area (Å²) in [7, 11) is 3.10. The molecule has 25 heavy (non-hydrogen) atoms. The van der Waals surface area contributed by atoms with Crippen LogP contribution in [-0.2, 0) is 0 Å². The third-order valence-corrected chi connectivity index (χ3v) is 3.61. The van der Waals surface area contributed by atoms with E-state index in [1.165, 1.54) is 0 Å². The monoisotopic (exact) mass is 342 g/mol. The Morgan fingerprint density at radius 1 is 0.920 bits per heavy atom. The van der Waals surface area contributed by atoms with Crippen molar-refractivity contribution in [2.45, 2.75) is 13.0 Å². The van der Waals surface area contributed by atoms with Crippen LogP contribution in [0.25, 0.3) is 0 Å². The van der Waals surface area contributed by atoms with Gasteiger partial charge in [0.1, 0.15) is 11.5 Å². The van der Waals surface area contributed by atoms with Crippen molar-refractivity contribution in [1.29, 1.82) is 0 Å². The van der Waals surface area contributed by atoms with E-state index in [1.54, 1.807) is 62.8 Å². The van der Waals surface area contributed by atoms with E-state index < -0.39 is 0 Å². The first-order valence-electron chi connectivity index (χ1n) is 7.90. The average molecular weight is 342 g/mol. The van der Waals surface area contributed by atoms with E-state index >= 15 is 0 Å². The summed E-state index contributed by atoms with van der Waals surface area (Å²) in [5.74, 6) is 0.794. The van der Waals surface area contributed by atoms with Crippen LogP contribution in [-0.4, -0.2) is 38.6 Å². The van der Waals surface area contributed by atoms with E-state index in [0.717, 1.165) is 0 Å². The fraction of sp³-hybridized carbons (Fsp3) is 0.263. The normalized spacial score (nSPS) is 11.3. The highest BCUT2D eigenvalue weighted by Gasteiger charge is 2.12. The highest BCUT2D eigenvalue weighted by Crippen LogP contribution is 2.13. The molecule has 0 aliphatic carbocycles. The second kappa shape index (κ2) is 8.73. The van der Waals surface area contributed by atoms with Crippen LogP contribution in [0.2, 0.25) is 0 Å². The van der Waals surface area contributed by atoms with Crippen molar-refractivity contribution in [3.05, 3.63) is 59.7 Å². The minimum atomic E-state index is -0.228. The van der Waals surface area contributed by atoms with Crippen molar-refractivity contribution in [2.24, 2.45) is 0 Å². The third kappa shape index (κ3) is 5.24. The van der Waals surface area contributed by atoms with Gasteiger partial charge in [0.15, 0.2) is 0 Å². The quantitative estimate of drug-likeness (QED) is 0.809. The molecule has 0 fully saturated rings. The summed E-state index contributed by atoms with van der Waals surface area (Å²) < 4.78 is 10.2. The average Bonchev–Trinajstić information content (AvgIpc) is 2.66. The molecule has 132 valence electrons. The van der Waals surface area contributed by atoms with Crippen molar-refractivity contribution in [3.8, 4) is 11.5 Å². The molecule has 0 spiro atoms. The number of rotatable bonds is 7. The molecule has 0 aromatic heterocycles. The highest BCUT2D eigenvalue weighted by molar-refractivity contribution is 5.95. The fourth-order valence-corrected chi connectivity index (χ4v) is 2.23. The van der Waals surface area contributed by atoms with Crippen molar-refractivity contribution in [3.63, 3.8) is 0 Å². The Kier molecular flexibility index (Phi) is 6.39. The molecule has 2 aromatic rings. The minimum absolute atomic E-state index is 0.220. The molecule has 6 heteroatoms. The van der Waals surface area contributed by atoms with Gasteiger partial charge in [-0.15, -0.1) is 0 Å². The van der Waals surface area contributed by atoms with Crippen LogP contribution >= 0.6 is 0 Å². The Balaban J connectivity index is 1.88. The summed E-state index contributed by atoms with van der Waals surface area (Å²) in [5, 5.41) is 5.64. The van der Waals surface area contributed by atoms with Gasteiger partial charge in [0.2, 0.25) is 0 Å². The molecule has 6 nitrogen and oxygen atoms in total. The summed E-state index contributed by atoms with van der Waals surface area (Å²) in [6.07, 6.45) is 0. The Bertz CT molecular complexity index is 746. The number of ether oxygens (including phenoxy) is 2. The van der Waals surface area contributed by atoms with Crippen molar-refractivity contribution < 1.29 is 19.1 Å². The molecule has 0 aliphatic heterocycles. The van der Waals surface area contributed by atoms with Gasteiger partial charge >= 0.3 is 0 Å². The van der Waals surface area contributed by atoms with Crippen LogP contribution in [0.3, 0.4) is 0 Å². The van der Waals surface area contributed by atoms with Crippen LogP contribution in [0.5, 0.6) is 11.5 Å². The molecule has 0 saturated carbocycles. The Morgan fingerprint density at radius 3 is 1.96 bits per heavy atom. The van der Waals surface area contributed by atoms with Gasteiger partial charge in [-0.3, -0.25) is 9.59 Å². The molecule has 1 atom stereocenters. The second-order valence-corrected chi connectivity index (χ2v) is 5.55. The predicted octanol–water partition coefficient (Wildman–Crippen LogP) is 2.25. The van der Waals surface area contributed by atoms with Gasteiger partial charge in [0, 0.05) is 23.7 Å². The lowest BCUT2D eigenvalue weighted by molar-refractivity contribution is 0.0912. The largest absolute Gasteiger partial charge is 0.497 e. The topological polar surface area (TPSA) is 76.7 Å². The molecule has 2 amide bonds. The number of nitrogens with one attached hydrogen (secondary N) is 2. The molecule has 0 aliphatic rings. The number of methoxy groups -OCH3 is 2. The van der Waals surface area contributed by atoms with E-state index in [-0.39, 0.29) is 17.9 Å². The van der Waals surface area contributed by atoms with Gasteiger partial charge in [-0.05, 0) is 43.3 Å². The molecule has 0 radical (unpaired) electrons. The van der Waals surface area contributed by atoms with Gasteiger partial charge < -0.3 is 20.1 Å². The molecule has 2 N–H and O–H groups in total.